The molecule has 2 N–H and O–H groups in total. The van der Waals surface area contributed by atoms with E-state index in [1.807, 2.05) is 0 Å². The molecule has 7 nitrogen and oxygen atoms in total. The fourth-order valence-electron chi connectivity index (χ4n) is 3.21. The van der Waals surface area contributed by atoms with Gasteiger partial charge in [-0.3, -0.25) is 4.79 Å². The minimum absolute atomic E-state index is 0. The molecule has 11 heteroatoms. The fraction of sp³-hybridized carbons (Fsp3) is 0.412. The normalized spacial score (nSPS) is 15.8. The van der Waals surface area contributed by atoms with Crippen molar-refractivity contribution in [2.24, 2.45) is 0 Å². The Hall–Kier alpha value is -1.68. The molecule has 0 radical (unpaired) electrons. The van der Waals surface area contributed by atoms with Crippen LogP contribution in [0.4, 0.5) is 4.39 Å². The molecule has 3 rings (SSSR count). The van der Waals surface area contributed by atoms with E-state index in [1.54, 1.807) is 29.1 Å². The van der Waals surface area contributed by atoms with Crippen LogP contribution in [0, 0.1) is 5.82 Å². The Bertz CT molecular complexity index is 901. The van der Waals surface area contributed by atoms with E-state index in [0.717, 1.165) is 6.26 Å². The average molecular weight is 453 g/mol. The highest BCUT2D eigenvalue weighted by Crippen LogP contribution is 2.28. The van der Waals surface area contributed by atoms with E-state index in [-0.39, 0.29) is 44.2 Å². The molecule has 1 aliphatic rings. The zero-order valence-electron chi connectivity index (χ0n) is 15.2. The molecule has 1 aromatic heterocycles. The summed E-state index contributed by atoms with van der Waals surface area (Å²) in [6.07, 6.45) is 6.23. The number of nitrogens with one attached hydrogen (secondary N) is 2. The van der Waals surface area contributed by atoms with Gasteiger partial charge in [-0.05, 0) is 43.6 Å². The Labute approximate surface area is 175 Å². The Morgan fingerprint density at radius 3 is 2.54 bits per heavy atom. The second-order valence-corrected chi connectivity index (χ2v) is 8.78. The van der Waals surface area contributed by atoms with Crippen LogP contribution in [0.3, 0.4) is 0 Å². The predicted octanol–water partition coefficient (Wildman–Crippen LogP) is 1.64. The molecule has 2 aromatic rings. The number of benzene rings is 1. The van der Waals surface area contributed by atoms with Crippen molar-refractivity contribution in [1.82, 2.24) is 20.2 Å². The summed E-state index contributed by atoms with van der Waals surface area (Å²) in [5.74, 6) is -0.977. The maximum absolute atomic E-state index is 14.3. The molecule has 0 unspecified atom stereocenters. The zero-order chi connectivity index (χ0) is 18.8. The Morgan fingerprint density at radius 1 is 1.32 bits per heavy atom. The number of piperidine rings is 1. The minimum Gasteiger partial charge on any atom is -0.351 e. The van der Waals surface area contributed by atoms with Crippen LogP contribution in [0.25, 0.3) is 5.69 Å². The van der Waals surface area contributed by atoms with Crippen LogP contribution < -0.4 is 10.6 Å². The van der Waals surface area contributed by atoms with Gasteiger partial charge in [-0.25, -0.2) is 17.8 Å². The SMILES string of the molecule is CS(=O)(=O)C1(C(=O)NCc2ccc(-n3ccnc3)c(F)c2)CCNCC1.Cl.Cl. The van der Waals surface area contributed by atoms with Gasteiger partial charge >= 0.3 is 0 Å². The molecule has 1 saturated heterocycles. The van der Waals surface area contributed by atoms with Gasteiger partial charge in [-0.15, -0.1) is 24.8 Å². The number of hydrogen-bond donors (Lipinski definition) is 2. The lowest BCUT2D eigenvalue weighted by Gasteiger charge is -2.34. The highest BCUT2D eigenvalue weighted by molar-refractivity contribution is 7.92. The van der Waals surface area contributed by atoms with E-state index >= 15 is 0 Å². The quantitative estimate of drug-likeness (QED) is 0.718. The summed E-state index contributed by atoms with van der Waals surface area (Å²) in [5, 5.41) is 5.73. The van der Waals surface area contributed by atoms with Gasteiger partial charge in [0.25, 0.3) is 0 Å². The smallest absolute Gasteiger partial charge is 0.241 e. The fourth-order valence-corrected chi connectivity index (χ4v) is 4.57. The molecule has 0 saturated carbocycles. The Kier molecular flexibility index (Phi) is 8.43. The van der Waals surface area contributed by atoms with Gasteiger partial charge in [-0.1, -0.05) is 6.07 Å². The first-order chi connectivity index (χ1) is 12.3. The summed E-state index contributed by atoms with van der Waals surface area (Å²) in [7, 11) is -3.57. The van der Waals surface area contributed by atoms with Gasteiger partial charge < -0.3 is 15.2 Å². The highest BCUT2D eigenvalue weighted by Gasteiger charge is 2.48. The Morgan fingerprint density at radius 2 is 2.00 bits per heavy atom. The lowest BCUT2D eigenvalue weighted by Crippen LogP contribution is -2.57. The van der Waals surface area contributed by atoms with E-state index in [4.69, 9.17) is 0 Å². The van der Waals surface area contributed by atoms with Crippen molar-refractivity contribution in [1.29, 1.82) is 0 Å². The molecule has 0 bridgehead atoms. The van der Waals surface area contributed by atoms with Crippen molar-refractivity contribution >= 4 is 40.6 Å². The topological polar surface area (TPSA) is 93.1 Å². The number of hydrogen-bond acceptors (Lipinski definition) is 5. The Balaban J connectivity index is 0.00000196. The summed E-state index contributed by atoms with van der Waals surface area (Å²) >= 11 is 0. The second-order valence-electron chi connectivity index (χ2n) is 6.45. The van der Waals surface area contributed by atoms with Crippen molar-refractivity contribution in [2.75, 3.05) is 19.3 Å². The summed E-state index contributed by atoms with van der Waals surface area (Å²) in [5.41, 5.74) is 0.904. The van der Waals surface area contributed by atoms with Crippen molar-refractivity contribution in [3.8, 4) is 5.69 Å². The van der Waals surface area contributed by atoms with Crippen molar-refractivity contribution < 1.29 is 17.6 Å². The van der Waals surface area contributed by atoms with Crippen LogP contribution in [-0.2, 0) is 21.2 Å². The predicted molar refractivity (Wildman–Crippen MR) is 110 cm³/mol. The van der Waals surface area contributed by atoms with Gasteiger partial charge in [0, 0.05) is 25.2 Å². The van der Waals surface area contributed by atoms with Crippen LogP contribution in [0.2, 0.25) is 0 Å². The molecule has 1 aliphatic heterocycles. The lowest BCUT2D eigenvalue weighted by molar-refractivity contribution is -0.124. The van der Waals surface area contributed by atoms with Crippen LogP contribution in [0.1, 0.15) is 18.4 Å². The van der Waals surface area contributed by atoms with Crippen LogP contribution in [0.5, 0.6) is 0 Å². The number of nitrogens with zero attached hydrogens (tertiary/aromatic N) is 2. The number of sulfone groups is 1. The summed E-state index contributed by atoms with van der Waals surface area (Å²) in [6, 6.07) is 4.61. The van der Waals surface area contributed by atoms with Crippen molar-refractivity contribution in [2.45, 2.75) is 24.1 Å². The molecule has 0 atom stereocenters. The minimum atomic E-state index is -3.57. The largest absolute Gasteiger partial charge is 0.351 e. The van der Waals surface area contributed by atoms with Gasteiger partial charge in [0.1, 0.15) is 5.82 Å². The molecular weight excluding hydrogens is 430 g/mol. The molecule has 28 heavy (non-hydrogen) atoms. The number of rotatable bonds is 5. The van der Waals surface area contributed by atoms with Crippen LogP contribution in [0.15, 0.2) is 36.9 Å². The molecular formula is C17H23Cl2FN4O3S. The van der Waals surface area contributed by atoms with Gasteiger partial charge in [0.2, 0.25) is 5.91 Å². The third kappa shape index (κ3) is 4.83. The number of halogens is 3. The van der Waals surface area contributed by atoms with Gasteiger partial charge in [0.05, 0.1) is 12.0 Å². The number of carbonyl (C=O) groups is 1. The van der Waals surface area contributed by atoms with E-state index < -0.39 is 26.3 Å². The van der Waals surface area contributed by atoms with E-state index in [0.29, 0.717) is 24.3 Å². The molecule has 1 aromatic carbocycles. The summed E-state index contributed by atoms with van der Waals surface area (Å²) in [4.78, 5) is 16.5. The summed E-state index contributed by atoms with van der Waals surface area (Å²) < 4.78 is 38.9. The van der Waals surface area contributed by atoms with Gasteiger partial charge in [-0.2, -0.15) is 0 Å². The maximum Gasteiger partial charge on any atom is 0.241 e. The number of imidazole rings is 1. The van der Waals surface area contributed by atoms with Crippen molar-refractivity contribution in [3.05, 3.63) is 48.3 Å². The molecule has 1 fully saturated rings. The first kappa shape index (κ1) is 24.4. The lowest BCUT2D eigenvalue weighted by atomic mass is 9.95. The first-order valence-corrected chi connectivity index (χ1v) is 10.2. The van der Waals surface area contributed by atoms with Crippen LogP contribution in [-0.4, -0.2) is 48.0 Å². The number of amides is 1. The molecule has 0 spiro atoms. The first-order valence-electron chi connectivity index (χ1n) is 8.29. The van der Waals surface area contributed by atoms with E-state index in [9.17, 15) is 17.6 Å². The molecule has 156 valence electrons. The molecule has 0 aliphatic carbocycles. The average Bonchev–Trinajstić information content (AvgIpc) is 3.13. The summed E-state index contributed by atoms with van der Waals surface area (Å²) in [6.45, 7) is 0.994. The molecule has 2 heterocycles. The zero-order valence-corrected chi connectivity index (χ0v) is 17.7. The third-order valence-corrected chi connectivity index (χ3v) is 6.80. The van der Waals surface area contributed by atoms with Crippen molar-refractivity contribution in [3.63, 3.8) is 0 Å². The number of aromatic nitrogens is 2. The van der Waals surface area contributed by atoms with E-state index in [1.165, 1.54) is 12.4 Å². The standard InChI is InChI=1S/C17H21FN4O3S.2ClH/c1-26(24,25)17(4-6-19-7-5-17)16(23)21-11-13-2-3-15(14(18)10-13)22-9-8-20-12-22;;/h2-3,8-10,12,19H,4-7,11H2,1H3,(H,21,23);2*1H. The highest BCUT2D eigenvalue weighted by atomic mass is 35.5. The monoisotopic (exact) mass is 452 g/mol. The van der Waals surface area contributed by atoms with Gasteiger partial charge in [0.15, 0.2) is 14.6 Å². The maximum atomic E-state index is 14.3. The third-order valence-electron chi connectivity index (χ3n) is 4.78. The number of carbonyl (C=O) groups excluding carboxylic acids is 1. The second kappa shape index (κ2) is 9.69. The van der Waals surface area contributed by atoms with E-state index in [2.05, 4.69) is 15.6 Å². The molecule has 1 amide bonds. The van der Waals surface area contributed by atoms with Crippen LogP contribution >= 0.6 is 24.8 Å².